The van der Waals surface area contributed by atoms with Crippen LogP contribution >= 0.6 is 0 Å². The van der Waals surface area contributed by atoms with Gasteiger partial charge in [-0.05, 0) is 51.8 Å². The van der Waals surface area contributed by atoms with Crippen LogP contribution in [0, 0.1) is 5.92 Å². The van der Waals surface area contributed by atoms with E-state index >= 15 is 0 Å². The van der Waals surface area contributed by atoms with E-state index in [4.69, 9.17) is 4.74 Å². The summed E-state index contributed by atoms with van der Waals surface area (Å²) in [5.41, 5.74) is 1.31. The fourth-order valence-corrected chi connectivity index (χ4v) is 4.21. The number of ether oxygens (including phenoxy) is 1. The number of hydrogen-bond donors (Lipinski definition) is 1. The number of hydrogen-bond acceptors (Lipinski definition) is 5. The maximum Gasteiger partial charge on any atom is 0.309 e. The van der Waals surface area contributed by atoms with E-state index in [0.29, 0.717) is 6.61 Å². The zero-order valence-corrected chi connectivity index (χ0v) is 17.1. The lowest BCUT2D eigenvalue weighted by molar-refractivity contribution is -0.149. The molecule has 0 spiro atoms. The van der Waals surface area contributed by atoms with Crippen LogP contribution in [-0.4, -0.2) is 66.5 Å². The first-order valence-electron chi connectivity index (χ1n) is 10.5. The molecule has 2 heterocycles. The van der Waals surface area contributed by atoms with Crippen molar-refractivity contribution in [1.82, 2.24) is 15.1 Å². The maximum absolute atomic E-state index is 12.7. The number of nitrogens with zero attached hydrogens (tertiary/aromatic N) is 2. The minimum absolute atomic E-state index is 0.0205. The highest BCUT2D eigenvalue weighted by Gasteiger charge is 2.32. The van der Waals surface area contributed by atoms with Crippen molar-refractivity contribution in [1.29, 1.82) is 0 Å². The zero-order chi connectivity index (χ0) is 19.9. The second-order valence-electron chi connectivity index (χ2n) is 7.95. The zero-order valence-electron chi connectivity index (χ0n) is 17.1. The smallest absolute Gasteiger partial charge is 0.309 e. The Bertz CT molecular complexity index is 644. The number of carbonyl (C=O) groups is 2. The van der Waals surface area contributed by atoms with E-state index in [9.17, 15) is 9.59 Å². The lowest BCUT2D eigenvalue weighted by Crippen LogP contribution is -2.51. The minimum Gasteiger partial charge on any atom is -0.466 e. The number of nitrogens with one attached hydrogen (secondary N) is 1. The molecule has 0 bridgehead atoms. The molecular formula is C22H33N3O3. The predicted octanol–water partition coefficient (Wildman–Crippen LogP) is 2.04. The third kappa shape index (κ3) is 5.55. The van der Waals surface area contributed by atoms with Crippen molar-refractivity contribution in [2.75, 3.05) is 32.8 Å². The van der Waals surface area contributed by atoms with Crippen LogP contribution in [0.2, 0.25) is 0 Å². The number of amides is 1. The van der Waals surface area contributed by atoms with Gasteiger partial charge in [0.2, 0.25) is 5.91 Å². The summed E-state index contributed by atoms with van der Waals surface area (Å²) in [6.45, 7) is 8.62. The quantitative estimate of drug-likeness (QED) is 0.726. The lowest BCUT2D eigenvalue weighted by Gasteiger charge is -2.34. The van der Waals surface area contributed by atoms with Crippen LogP contribution in [0.5, 0.6) is 0 Å². The second kappa shape index (κ2) is 10.0. The van der Waals surface area contributed by atoms with Gasteiger partial charge in [0.25, 0.3) is 0 Å². The van der Waals surface area contributed by atoms with Gasteiger partial charge in [0.1, 0.15) is 0 Å². The van der Waals surface area contributed by atoms with Crippen molar-refractivity contribution in [3.8, 4) is 0 Å². The number of likely N-dealkylation sites (tertiary alicyclic amines) is 2. The number of benzene rings is 1. The SMILES string of the molecule is CCOC(=O)C1CCN([C@@H](C)C(=O)N[C@@H]2CCN(Cc3ccccc3)C2)CC1. The van der Waals surface area contributed by atoms with Crippen molar-refractivity contribution in [3.63, 3.8) is 0 Å². The van der Waals surface area contributed by atoms with E-state index in [2.05, 4.69) is 39.4 Å². The normalized spacial score (nSPS) is 22.7. The van der Waals surface area contributed by atoms with Crippen molar-refractivity contribution in [2.24, 2.45) is 5.92 Å². The van der Waals surface area contributed by atoms with Crippen LogP contribution in [0.4, 0.5) is 0 Å². The van der Waals surface area contributed by atoms with E-state index in [1.54, 1.807) is 0 Å². The molecule has 0 aliphatic carbocycles. The number of piperidine rings is 1. The molecule has 2 aliphatic heterocycles. The summed E-state index contributed by atoms with van der Waals surface area (Å²) >= 11 is 0. The van der Waals surface area contributed by atoms with Gasteiger partial charge in [0.15, 0.2) is 0 Å². The highest BCUT2D eigenvalue weighted by atomic mass is 16.5. The summed E-state index contributed by atoms with van der Waals surface area (Å²) < 4.78 is 5.12. The first-order valence-corrected chi connectivity index (χ1v) is 10.5. The maximum atomic E-state index is 12.7. The molecule has 2 atom stereocenters. The Hall–Kier alpha value is -1.92. The largest absolute Gasteiger partial charge is 0.466 e. The van der Waals surface area contributed by atoms with E-state index < -0.39 is 0 Å². The van der Waals surface area contributed by atoms with Crippen LogP contribution in [0.1, 0.15) is 38.7 Å². The molecule has 0 unspecified atom stereocenters. The van der Waals surface area contributed by atoms with Gasteiger partial charge >= 0.3 is 5.97 Å². The number of esters is 1. The first-order chi connectivity index (χ1) is 13.6. The molecule has 3 rings (SSSR count). The van der Waals surface area contributed by atoms with Gasteiger partial charge in [-0.2, -0.15) is 0 Å². The summed E-state index contributed by atoms with van der Waals surface area (Å²) in [5.74, 6) is -0.0160. The highest BCUT2D eigenvalue weighted by molar-refractivity contribution is 5.81. The standard InChI is InChI=1S/C22H33N3O3/c1-3-28-22(27)19-9-13-25(14-10-19)17(2)21(26)23-20-11-12-24(16-20)15-18-7-5-4-6-8-18/h4-8,17,19-20H,3,9-16H2,1-2H3,(H,23,26)/t17-,20+/m0/s1. The number of carbonyl (C=O) groups excluding carboxylic acids is 2. The Kier molecular flexibility index (Phi) is 7.45. The van der Waals surface area contributed by atoms with E-state index in [1.807, 2.05) is 19.9 Å². The molecule has 0 saturated carbocycles. The Balaban J connectivity index is 1.41. The van der Waals surface area contributed by atoms with Crippen molar-refractivity contribution >= 4 is 11.9 Å². The topological polar surface area (TPSA) is 61.9 Å². The summed E-state index contributed by atoms with van der Waals surface area (Å²) in [7, 11) is 0. The third-order valence-electron chi connectivity index (χ3n) is 5.94. The van der Waals surface area contributed by atoms with Gasteiger partial charge in [0, 0.05) is 25.7 Å². The van der Waals surface area contributed by atoms with E-state index in [-0.39, 0.29) is 29.9 Å². The minimum atomic E-state index is -0.161. The molecule has 1 aromatic carbocycles. The van der Waals surface area contributed by atoms with Gasteiger partial charge in [-0.3, -0.25) is 19.4 Å². The second-order valence-corrected chi connectivity index (χ2v) is 7.95. The fourth-order valence-electron chi connectivity index (χ4n) is 4.21. The molecule has 2 saturated heterocycles. The molecule has 28 heavy (non-hydrogen) atoms. The van der Waals surface area contributed by atoms with Crippen LogP contribution in [0.25, 0.3) is 0 Å². The molecule has 0 aromatic heterocycles. The van der Waals surface area contributed by atoms with E-state index in [1.165, 1.54) is 5.56 Å². The third-order valence-corrected chi connectivity index (χ3v) is 5.94. The number of rotatable bonds is 7. The first kappa shape index (κ1) is 20.8. The molecule has 154 valence electrons. The summed E-state index contributed by atoms with van der Waals surface area (Å²) in [6.07, 6.45) is 2.53. The lowest BCUT2D eigenvalue weighted by atomic mass is 9.96. The monoisotopic (exact) mass is 387 g/mol. The van der Waals surface area contributed by atoms with Crippen molar-refractivity contribution in [2.45, 2.75) is 51.7 Å². The van der Waals surface area contributed by atoms with Gasteiger partial charge in [-0.25, -0.2) is 0 Å². The van der Waals surface area contributed by atoms with Crippen LogP contribution in [-0.2, 0) is 20.9 Å². The average molecular weight is 388 g/mol. The Morgan fingerprint density at radius 2 is 1.86 bits per heavy atom. The molecule has 1 N–H and O–H groups in total. The summed E-state index contributed by atoms with van der Waals surface area (Å²) in [6, 6.07) is 10.5. The van der Waals surface area contributed by atoms with Crippen LogP contribution in [0.15, 0.2) is 30.3 Å². The molecule has 0 radical (unpaired) electrons. The van der Waals surface area contributed by atoms with Crippen LogP contribution < -0.4 is 5.32 Å². The van der Waals surface area contributed by atoms with Gasteiger partial charge < -0.3 is 10.1 Å². The van der Waals surface area contributed by atoms with Crippen LogP contribution in [0.3, 0.4) is 0 Å². The molecule has 2 fully saturated rings. The van der Waals surface area contributed by atoms with Gasteiger partial charge in [-0.15, -0.1) is 0 Å². The average Bonchev–Trinajstić information content (AvgIpc) is 3.15. The molecule has 6 nitrogen and oxygen atoms in total. The molecule has 2 aliphatic rings. The van der Waals surface area contributed by atoms with Gasteiger partial charge in [0.05, 0.1) is 18.6 Å². The molecule has 6 heteroatoms. The van der Waals surface area contributed by atoms with Crippen molar-refractivity contribution < 1.29 is 14.3 Å². The Labute approximate surface area is 168 Å². The Morgan fingerprint density at radius 3 is 2.54 bits per heavy atom. The summed E-state index contributed by atoms with van der Waals surface area (Å²) in [4.78, 5) is 29.2. The fraction of sp³-hybridized carbons (Fsp3) is 0.636. The van der Waals surface area contributed by atoms with Crippen molar-refractivity contribution in [3.05, 3.63) is 35.9 Å². The summed E-state index contributed by atoms with van der Waals surface area (Å²) in [5, 5.41) is 3.23. The molecular weight excluding hydrogens is 354 g/mol. The molecule has 1 aromatic rings. The van der Waals surface area contributed by atoms with Gasteiger partial charge in [-0.1, -0.05) is 30.3 Å². The molecule has 1 amide bonds. The predicted molar refractivity (Wildman–Crippen MR) is 109 cm³/mol. The van der Waals surface area contributed by atoms with E-state index in [0.717, 1.165) is 52.0 Å². The highest BCUT2D eigenvalue weighted by Crippen LogP contribution is 2.21. The Morgan fingerprint density at radius 1 is 1.14 bits per heavy atom.